The Kier molecular flexibility index (Phi) is 3.75. The highest BCUT2D eigenvalue weighted by molar-refractivity contribution is 7.87. The van der Waals surface area contributed by atoms with Crippen molar-refractivity contribution in [3.05, 3.63) is 28.8 Å². The quantitative estimate of drug-likeness (QED) is 0.851. The lowest BCUT2D eigenvalue weighted by Gasteiger charge is -2.22. The Morgan fingerprint density at radius 2 is 2.00 bits per heavy atom. The molecule has 1 aliphatic heterocycles. The summed E-state index contributed by atoms with van der Waals surface area (Å²) in [5.74, 6) is -1.83. The summed E-state index contributed by atoms with van der Waals surface area (Å²) in [6, 6.07) is 2.96. The van der Waals surface area contributed by atoms with E-state index in [-0.39, 0.29) is 17.8 Å². The Morgan fingerprint density at radius 3 is 2.48 bits per heavy atom. The number of rotatable bonds is 3. The summed E-state index contributed by atoms with van der Waals surface area (Å²) in [6.07, 6.45) is -0.481. The molecule has 1 aromatic rings. The number of halogens is 1. The molecule has 1 aromatic carbocycles. The standard InChI is InChI=1S/C13H14FNO5S/c1-7-3-4-10(13(17)18)12(8(7)2)15-6-9(5-11(15)16)21(14,19)20/h3-4,9H,5-6H2,1-2H3,(H,17,18). The first-order valence-electron chi connectivity index (χ1n) is 6.20. The van der Waals surface area contributed by atoms with Gasteiger partial charge in [-0.2, -0.15) is 8.42 Å². The number of hydrogen-bond acceptors (Lipinski definition) is 4. The van der Waals surface area contributed by atoms with E-state index in [1.807, 2.05) is 0 Å². The molecule has 1 fully saturated rings. The van der Waals surface area contributed by atoms with Crippen molar-refractivity contribution in [2.45, 2.75) is 25.5 Å². The Hall–Kier alpha value is -1.96. The molecule has 0 aliphatic carbocycles. The number of hydrogen-bond donors (Lipinski definition) is 1. The van der Waals surface area contributed by atoms with Crippen LogP contribution in [0.2, 0.25) is 0 Å². The zero-order valence-electron chi connectivity index (χ0n) is 11.5. The van der Waals surface area contributed by atoms with Crippen LogP contribution >= 0.6 is 0 Å². The normalized spacial score (nSPS) is 19.1. The second kappa shape index (κ2) is 5.10. The van der Waals surface area contributed by atoms with Crippen molar-refractivity contribution in [3.8, 4) is 0 Å². The van der Waals surface area contributed by atoms with E-state index < -0.39 is 33.8 Å². The van der Waals surface area contributed by atoms with E-state index in [0.29, 0.717) is 5.56 Å². The minimum absolute atomic E-state index is 0.108. The molecule has 0 saturated carbocycles. The minimum atomic E-state index is -4.84. The van der Waals surface area contributed by atoms with Crippen LogP contribution in [0.25, 0.3) is 0 Å². The lowest BCUT2D eigenvalue weighted by atomic mass is 10.0. The van der Waals surface area contributed by atoms with Crippen LogP contribution in [0.4, 0.5) is 9.57 Å². The molecule has 1 heterocycles. The van der Waals surface area contributed by atoms with Crippen molar-refractivity contribution in [2.24, 2.45) is 0 Å². The zero-order valence-corrected chi connectivity index (χ0v) is 12.3. The fraction of sp³-hybridized carbons (Fsp3) is 0.385. The van der Waals surface area contributed by atoms with Crippen LogP contribution in [0.3, 0.4) is 0 Å². The number of aromatic carboxylic acids is 1. The molecule has 2 rings (SSSR count). The molecular formula is C13H14FNO5S. The summed E-state index contributed by atoms with van der Waals surface area (Å²) in [6.45, 7) is 3.01. The van der Waals surface area contributed by atoms with Crippen molar-refractivity contribution >= 4 is 27.8 Å². The SMILES string of the molecule is Cc1ccc(C(=O)O)c(N2CC(S(=O)(=O)F)CC2=O)c1C. The predicted octanol–water partition coefficient (Wildman–Crippen LogP) is 1.41. The Labute approximate surface area is 121 Å². The Bertz CT molecular complexity index is 728. The maximum Gasteiger partial charge on any atom is 0.337 e. The summed E-state index contributed by atoms with van der Waals surface area (Å²) >= 11 is 0. The predicted molar refractivity (Wildman–Crippen MR) is 73.7 cm³/mol. The molecule has 1 atom stereocenters. The molecule has 21 heavy (non-hydrogen) atoms. The molecule has 1 unspecified atom stereocenters. The first-order valence-corrected chi connectivity index (χ1v) is 7.65. The highest BCUT2D eigenvalue weighted by Crippen LogP contribution is 2.33. The second-order valence-electron chi connectivity index (χ2n) is 5.01. The van der Waals surface area contributed by atoms with Gasteiger partial charge < -0.3 is 10.0 Å². The van der Waals surface area contributed by atoms with Gasteiger partial charge in [-0.25, -0.2) is 4.79 Å². The fourth-order valence-electron chi connectivity index (χ4n) is 2.40. The maximum atomic E-state index is 13.1. The third kappa shape index (κ3) is 2.76. The van der Waals surface area contributed by atoms with Crippen molar-refractivity contribution in [1.29, 1.82) is 0 Å². The van der Waals surface area contributed by atoms with E-state index in [4.69, 9.17) is 0 Å². The van der Waals surface area contributed by atoms with Crippen LogP contribution in [0, 0.1) is 13.8 Å². The largest absolute Gasteiger partial charge is 0.478 e. The number of aryl methyl sites for hydroxylation is 1. The molecule has 8 heteroatoms. The van der Waals surface area contributed by atoms with Crippen molar-refractivity contribution in [1.82, 2.24) is 0 Å². The van der Waals surface area contributed by atoms with Crippen LogP contribution in [0.15, 0.2) is 12.1 Å². The van der Waals surface area contributed by atoms with Gasteiger partial charge >= 0.3 is 16.2 Å². The number of amides is 1. The molecule has 0 bridgehead atoms. The van der Waals surface area contributed by atoms with Gasteiger partial charge in [0, 0.05) is 13.0 Å². The zero-order chi connectivity index (χ0) is 15.9. The summed E-state index contributed by atoms with van der Waals surface area (Å²) in [7, 11) is -4.84. The highest BCUT2D eigenvalue weighted by Gasteiger charge is 2.40. The van der Waals surface area contributed by atoms with Gasteiger partial charge in [-0.05, 0) is 31.0 Å². The number of carbonyl (C=O) groups is 2. The lowest BCUT2D eigenvalue weighted by Crippen LogP contribution is -2.29. The number of anilines is 1. The van der Waals surface area contributed by atoms with E-state index in [0.717, 1.165) is 10.5 Å². The van der Waals surface area contributed by atoms with E-state index >= 15 is 0 Å². The molecule has 1 aliphatic rings. The van der Waals surface area contributed by atoms with Crippen LogP contribution in [-0.2, 0) is 15.0 Å². The fourth-order valence-corrected chi connectivity index (χ4v) is 3.07. The van der Waals surface area contributed by atoms with Crippen LogP contribution in [0.1, 0.15) is 27.9 Å². The van der Waals surface area contributed by atoms with Crippen molar-refractivity contribution < 1.29 is 27.0 Å². The molecule has 0 aromatic heterocycles. The maximum absolute atomic E-state index is 13.1. The Morgan fingerprint density at radius 1 is 1.38 bits per heavy atom. The molecule has 1 amide bonds. The summed E-state index contributed by atoms with van der Waals surface area (Å²) in [5, 5.41) is 7.77. The van der Waals surface area contributed by atoms with Gasteiger partial charge in [-0.15, -0.1) is 3.89 Å². The summed E-state index contributed by atoms with van der Waals surface area (Å²) in [4.78, 5) is 24.3. The van der Waals surface area contributed by atoms with Crippen molar-refractivity contribution in [2.75, 3.05) is 11.4 Å². The molecule has 0 spiro atoms. The van der Waals surface area contributed by atoms with E-state index in [1.54, 1.807) is 19.9 Å². The number of nitrogens with zero attached hydrogens (tertiary/aromatic N) is 1. The molecule has 114 valence electrons. The van der Waals surface area contributed by atoms with Gasteiger partial charge in [0.15, 0.2) is 0 Å². The van der Waals surface area contributed by atoms with Crippen LogP contribution in [-0.4, -0.2) is 37.2 Å². The average molecular weight is 315 g/mol. The third-order valence-electron chi connectivity index (χ3n) is 3.69. The molecule has 1 saturated heterocycles. The highest BCUT2D eigenvalue weighted by atomic mass is 32.3. The van der Waals surface area contributed by atoms with Gasteiger partial charge in [0.25, 0.3) is 0 Å². The van der Waals surface area contributed by atoms with Gasteiger partial charge in [-0.1, -0.05) is 6.07 Å². The van der Waals surface area contributed by atoms with E-state index in [1.165, 1.54) is 6.07 Å². The first-order chi connectivity index (χ1) is 9.62. The minimum Gasteiger partial charge on any atom is -0.478 e. The number of carboxylic acids is 1. The van der Waals surface area contributed by atoms with E-state index in [2.05, 4.69) is 0 Å². The second-order valence-corrected chi connectivity index (χ2v) is 6.63. The topological polar surface area (TPSA) is 91.8 Å². The molecule has 6 nitrogen and oxygen atoms in total. The molecular weight excluding hydrogens is 301 g/mol. The first kappa shape index (κ1) is 15.4. The smallest absolute Gasteiger partial charge is 0.337 e. The third-order valence-corrected chi connectivity index (χ3v) is 4.80. The molecule has 0 radical (unpaired) electrons. The van der Waals surface area contributed by atoms with Crippen LogP contribution < -0.4 is 4.90 Å². The number of carboxylic acid groups (broad SMARTS) is 1. The number of carbonyl (C=O) groups excluding carboxylic acids is 1. The number of benzene rings is 1. The van der Waals surface area contributed by atoms with Crippen molar-refractivity contribution in [3.63, 3.8) is 0 Å². The summed E-state index contributed by atoms with van der Waals surface area (Å²) in [5.41, 5.74) is 1.34. The monoisotopic (exact) mass is 315 g/mol. The van der Waals surface area contributed by atoms with Crippen LogP contribution in [0.5, 0.6) is 0 Å². The van der Waals surface area contributed by atoms with Gasteiger partial charge in [0.1, 0.15) is 5.25 Å². The van der Waals surface area contributed by atoms with Gasteiger partial charge in [0.05, 0.1) is 11.3 Å². The van der Waals surface area contributed by atoms with Gasteiger partial charge in [0.2, 0.25) is 5.91 Å². The average Bonchev–Trinajstić information content (AvgIpc) is 2.74. The molecule has 1 N–H and O–H groups in total. The van der Waals surface area contributed by atoms with E-state index in [9.17, 15) is 27.0 Å². The van der Waals surface area contributed by atoms with Gasteiger partial charge in [-0.3, -0.25) is 4.79 Å². The lowest BCUT2D eigenvalue weighted by molar-refractivity contribution is -0.117. The summed E-state index contributed by atoms with van der Waals surface area (Å²) < 4.78 is 35.0. The Balaban J connectivity index is 2.55.